The van der Waals surface area contributed by atoms with Crippen LogP contribution in [-0.2, 0) is 0 Å². The van der Waals surface area contributed by atoms with Crippen LogP contribution in [0.5, 0.6) is 11.5 Å². The SMILES string of the molecule is CC(N)c1csc(Nc2ccccc2Oc2ccccc2)n1. The Labute approximate surface area is 133 Å². The summed E-state index contributed by atoms with van der Waals surface area (Å²) in [5, 5.41) is 6.06. The highest BCUT2D eigenvalue weighted by Crippen LogP contribution is 2.32. The number of aromatic nitrogens is 1. The van der Waals surface area contributed by atoms with E-state index >= 15 is 0 Å². The Hall–Kier alpha value is -2.37. The van der Waals surface area contributed by atoms with Gasteiger partial charge in [-0.25, -0.2) is 4.98 Å². The molecule has 0 aliphatic heterocycles. The lowest BCUT2D eigenvalue weighted by Gasteiger charge is -2.11. The monoisotopic (exact) mass is 311 g/mol. The van der Waals surface area contributed by atoms with E-state index in [0.29, 0.717) is 0 Å². The number of nitrogens with zero attached hydrogens (tertiary/aromatic N) is 1. The van der Waals surface area contributed by atoms with Gasteiger partial charge in [-0.2, -0.15) is 0 Å². The molecular formula is C17H17N3OS. The Kier molecular flexibility index (Phi) is 4.37. The number of hydrogen-bond acceptors (Lipinski definition) is 5. The van der Waals surface area contributed by atoms with E-state index in [2.05, 4.69) is 10.3 Å². The van der Waals surface area contributed by atoms with Gasteiger partial charge in [-0.05, 0) is 31.2 Å². The molecule has 4 nitrogen and oxygen atoms in total. The van der Waals surface area contributed by atoms with Crippen molar-refractivity contribution in [2.75, 3.05) is 5.32 Å². The zero-order valence-electron chi connectivity index (χ0n) is 12.2. The van der Waals surface area contributed by atoms with Gasteiger partial charge in [0.25, 0.3) is 0 Å². The standard InChI is InChI=1S/C17H17N3OS/c1-12(18)15-11-22-17(20-15)19-14-9-5-6-10-16(14)21-13-7-3-2-4-8-13/h2-12H,18H2,1H3,(H,19,20). The third-order valence-electron chi connectivity index (χ3n) is 3.09. The van der Waals surface area contributed by atoms with Crippen molar-refractivity contribution in [3.05, 3.63) is 65.7 Å². The van der Waals surface area contributed by atoms with E-state index in [1.54, 1.807) is 0 Å². The van der Waals surface area contributed by atoms with Gasteiger partial charge in [0, 0.05) is 11.4 Å². The molecule has 0 saturated heterocycles. The molecule has 2 aromatic carbocycles. The molecule has 3 aromatic rings. The molecule has 0 spiro atoms. The molecule has 0 amide bonds. The van der Waals surface area contributed by atoms with Gasteiger partial charge in [0.05, 0.1) is 11.4 Å². The van der Waals surface area contributed by atoms with Crippen molar-refractivity contribution >= 4 is 22.2 Å². The molecule has 0 radical (unpaired) electrons. The molecule has 3 rings (SSSR count). The van der Waals surface area contributed by atoms with E-state index in [1.807, 2.05) is 66.9 Å². The summed E-state index contributed by atoms with van der Waals surface area (Å²) in [5.74, 6) is 1.55. The van der Waals surface area contributed by atoms with Crippen molar-refractivity contribution in [1.29, 1.82) is 0 Å². The van der Waals surface area contributed by atoms with Crippen molar-refractivity contribution in [3.8, 4) is 11.5 Å². The lowest BCUT2D eigenvalue weighted by Crippen LogP contribution is -2.05. The van der Waals surface area contributed by atoms with Crippen molar-refractivity contribution in [2.24, 2.45) is 5.73 Å². The fraction of sp³-hybridized carbons (Fsp3) is 0.118. The number of hydrogen-bond donors (Lipinski definition) is 2. The average molecular weight is 311 g/mol. The van der Waals surface area contributed by atoms with Crippen LogP contribution in [0.1, 0.15) is 18.7 Å². The minimum absolute atomic E-state index is 0.0670. The molecule has 22 heavy (non-hydrogen) atoms. The summed E-state index contributed by atoms with van der Waals surface area (Å²) in [5.41, 5.74) is 7.60. The number of rotatable bonds is 5. The first-order chi connectivity index (χ1) is 10.7. The van der Waals surface area contributed by atoms with Crippen LogP contribution in [-0.4, -0.2) is 4.98 Å². The van der Waals surface area contributed by atoms with Gasteiger partial charge in [0.2, 0.25) is 0 Å². The molecule has 0 fully saturated rings. The topological polar surface area (TPSA) is 60.2 Å². The largest absolute Gasteiger partial charge is 0.455 e. The first kappa shape index (κ1) is 14.6. The second-order valence-corrected chi connectivity index (χ2v) is 5.76. The van der Waals surface area contributed by atoms with E-state index in [0.717, 1.165) is 28.0 Å². The average Bonchev–Trinajstić information content (AvgIpc) is 2.99. The predicted molar refractivity (Wildman–Crippen MR) is 91.0 cm³/mol. The van der Waals surface area contributed by atoms with Gasteiger partial charge in [0.1, 0.15) is 5.75 Å². The van der Waals surface area contributed by atoms with Crippen LogP contribution in [0.15, 0.2) is 60.0 Å². The normalized spacial score (nSPS) is 11.9. The number of nitrogens with one attached hydrogen (secondary N) is 1. The lowest BCUT2D eigenvalue weighted by atomic mass is 10.3. The molecule has 1 atom stereocenters. The number of nitrogens with two attached hydrogens (primary N) is 1. The maximum atomic E-state index is 5.93. The van der Waals surface area contributed by atoms with Crippen molar-refractivity contribution in [3.63, 3.8) is 0 Å². The molecule has 0 aliphatic rings. The quantitative estimate of drug-likeness (QED) is 0.717. The Balaban J connectivity index is 1.81. The lowest BCUT2D eigenvalue weighted by molar-refractivity contribution is 0.485. The third-order valence-corrected chi connectivity index (χ3v) is 3.86. The van der Waals surface area contributed by atoms with E-state index in [9.17, 15) is 0 Å². The van der Waals surface area contributed by atoms with Crippen LogP contribution in [0.2, 0.25) is 0 Å². The van der Waals surface area contributed by atoms with E-state index < -0.39 is 0 Å². The molecule has 0 aliphatic carbocycles. The van der Waals surface area contributed by atoms with Gasteiger partial charge < -0.3 is 15.8 Å². The second kappa shape index (κ2) is 6.60. The number of para-hydroxylation sites is 3. The number of benzene rings is 2. The smallest absolute Gasteiger partial charge is 0.187 e. The van der Waals surface area contributed by atoms with Gasteiger partial charge >= 0.3 is 0 Å². The fourth-order valence-corrected chi connectivity index (χ4v) is 2.77. The maximum absolute atomic E-state index is 5.93. The first-order valence-corrected chi connectivity index (χ1v) is 7.90. The molecule has 112 valence electrons. The number of ether oxygens (including phenoxy) is 1. The van der Waals surface area contributed by atoms with Crippen molar-refractivity contribution < 1.29 is 4.74 Å². The molecular weight excluding hydrogens is 294 g/mol. The Morgan fingerprint density at radius 3 is 2.55 bits per heavy atom. The van der Waals surface area contributed by atoms with Crippen LogP contribution in [0.4, 0.5) is 10.8 Å². The summed E-state index contributed by atoms with van der Waals surface area (Å²) in [4.78, 5) is 4.48. The number of anilines is 2. The summed E-state index contributed by atoms with van der Waals surface area (Å²) >= 11 is 1.53. The molecule has 1 heterocycles. The second-order valence-electron chi connectivity index (χ2n) is 4.90. The summed E-state index contributed by atoms with van der Waals surface area (Å²) < 4.78 is 5.93. The van der Waals surface area contributed by atoms with Gasteiger partial charge in [-0.3, -0.25) is 0 Å². The zero-order chi connectivity index (χ0) is 15.4. The van der Waals surface area contributed by atoms with E-state index in [4.69, 9.17) is 10.5 Å². The highest BCUT2D eigenvalue weighted by Gasteiger charge is 2.09. The Morgan fingerprint density at radius 2 is 1.82 bits per heavy atom. The summed E-state index contributed by atoms with van der Waals surface area (Å²) in [6.45, 7) is 1.92. The molecule has 5 heteroatoms. The Bertz CT molecular complexity index is 740. The zero-order valence-corrected chi connectivity index (χ0v) is 13.0. The predicted octanol–water partition coefficient (Wildman–Crippen LogP) is 4.70. The molecule has 0 saturated carbocycles. The van der Waals surface area contributed by atoms with Crippen molar-refractivity contribution in [1.82, 2.24) is 4.98 Å². The van der Waals surface area contributed by atoms with Crippen LogP contribution in [0, 0.1) is 0 Å². The first-order valence-electron chi connectivity index (χ1n) is 7.02. The van der Waals surface area contributed by atoms with E-state index in [-0.39, 0.29) is 6.04 Å². The van der Waals surface area contributed by atoms with Gasteiger partial charge in [-0.1, -0.05) is 30.3 Å². The third kappa shape index (κ3) is 3.44. The highest BCUT2D eigenvalue weighted by atomic mass is 32.1. The highest BCUT2D eigenvalue weighted by molar-refractivity contribution is 7.13. The van der Waals surface area contributed by atoms with Crippen LogP contribution in [0.25, 0.3) is 0 Å². The van der Waals surface area contributed by atoms with Crippen molar-refractivity contribution in [2.45, 2.75) is 13.0 Å². The fourth-order valence-electron chi connectivity index (χ4n) is 1.94. The minimum Gasteiger partial charge on any atom is -0.455 e. The minimum atomic E-state index is -0.0670. The molecule has 0 bridgehead atoms. The summed E-state index contributed by atoms with van der Waals surface area (Å²) in [6, 6.07) is 17.4. The summed E-state index contributed by atoms with van der Waals surface area (Å²) in [6.07, 6.45) is 0. The van der Waals surface area contributed by atoms with E-state index in [1.165, 1.54) is 11.3 Å². The summed E-state index contributed by atoms with van der Waals surface area (Å²) in [7, 11) is 0. The van der Waals surface area contributed by atoms with Crippen LogP contribution in [0.3, 0.4) is 0 Å². The molecule has 1 unspecified atom stereocenters. The Morgan fingerprint density at radius 1 is 1.09 bits per heavy atom. The molecule has 3 N–H and O–H groups in total. The van der Waals surface area contributed by atoms with Crippen LogP contribution >= 0.6 is 11.3 Å². The maximum Gasteiger partial charge on any atom is 0.187 e. The van der Waals surface area contributed by atoms with Crippen LogP contribution < -0.4 is 15.8 Å². The number of thiazole rings is 1. The molecule has 1 aromatic heterocycles. The van der Waals surface area contributed by atoms with Gasteiger partial charge in [-0.15, -0.1) is 11.3 Å². The van der Waals surface area contributed by atoms with Gasteiger partial charge in [0.15, 0.2) is 10.9 Å².